The van der Waals surface area contributed by atoms with Gasteiger partial charge >= 0.3 is 0 Å². The summed E-state index contributed by atoms with van der Waals surface area (Å²) in [5, 5.41) is 3.64. The monoisotopic (exact) mass is 248 g/mol. The van der Waals surface area contributed by atoms with Gasteiger partial charge in [-0.15, -0.1) is 0 Å². The van der Waals surface area contributed by atoms with Crippen LogP contribution in [0.5, 0.6) is 0 Å². The van der Waals surface area contributed by atoms with Crippen molar-refractivity contribution in [1.82, 2.24) is 4.98 Å². The van der Waals surface area contributed by atoms with Gasteiger partial charge in [0.25, 0.3) is 0 Å². The molecule has 1 rings (SSSR count). The largest absolute Gasteiger partial charge is 0.365 e. The molecule has 0 aliphatic carbocycles. The third-order valence-electron chi connectivity index (χ3n) is 3.51. The van der Waals surface area contributed by atoms with Crippen LogP contribution in [0.4, 0.5) is 5.82 Å². The first kappa shape index (κ1) is 15.0. The van der Waals surface area contributed by atoms with Crippen molar-refractivity contribution < 1.29 is 0 Å². The number of anilines is 1. The Balaban J connectivity index is 2.58. The fraction of sp³-hybridized carbons (Fsp3) is 0.688. The summed E-state index contributed by atoms with van der Waals surface area (Å²) < 4.78 is 0. The van der Waals surface area contributed by atoms with Crippen molar-refractivity contribution in [2.45, 2.75) is 71.3 Å². The van der Waals surface area contributed by atoms with Crippen LogP contribution in [0.25, 0.3) is 0 Å². The van der Waals surface area contributed by atoms with E-state index >= 15 is 0 Å². The van der Waals surface area contributed by atoms with Crippen molar-refractivity contribution in [3.8, 4) is 0 Å². The van der Waals surface area contributed by atoms with E-state index in [2.05, 4.69) is 37.1 Å². The van der Waals surface area contributed by atoms with E-state index in [1.165, 1.54) is 44.9 Å². The molecule has 0 amide bonds. The van der Waals surface area contributed by atoms with Gasteiger partial charge in [-0.25, -0.2) is 4.98 Å². The summed E-state index contributed by atoms with van der Waals surface area (Å²) in [5.41, 5.74) is 0.194. The van der Waals surface area contributed by atoms with E-state index in [0.29, 0.717) is 0 Å². The molecule has 0 fully saturated rings. The molecular formula is C16H28N2. The van der Waals surface area contributed by atoms with Crippen molar-refractivity contribution in [3.05, 3.63) is 24.4 Å². The molecule has 1 atom stereocenters. The van der Waals surface area contributed by atoms with Crippen LogP contribution in [0.1, 0.15) is 65.7 Å². The number of nitrogens with zero attached hydrogens (tertiary/aromatic N) is 1. The van der Waals surface area contributed by atoms with Gasteiger partial charge in [0.1, 0.15) is 5.82 Å². The first-order valence-corrected chi connectivity index (χ1v) is 7.39. The third kappa shape index (κ3) is 5.52. The van der Waals surface area contributed by atoms with Crippen LogP contribution >= 0.6 is 0 Å². The molecule has 1 aromatic rings. The zero-order valence-corrected chi connectivity index (χ0v) is 12.2. The summed E-state index contributed by atoms with van der Waals surface area (Å²) in [6, 6.07) is 6.07. The normalized spacial score (nSPS) is 14.2. The van der Waals surface area contributed by atoms with Crippen molar-refractivity contribution in [3.63, 3.8) is 0 Å². The molecule has 1 N–H and O–H groups in total. The summed E-state index contributed by atoms with van der Waals surface area (Å²) in [5.74, 6) is 1.01. The van der Waals surface area contributed by atoms with Crippen LogP contribution in [0.3, 0.4) is 0 Å². The van der Waals surface area contributed by atoms with Crippen LogP contribution in [-0.2, 0) is 0 Å². The summed E-state index contributed by atoms with van der Waals surface area (Å²) in [6.45, 7) is 6.86. The minimum atomic E-state index is 0.194. The molecule has 0 aromatic carbocycles. The highest BCUT2D eigenvalue weighted by atomic mass is 15.0. The quantitative estimate of drug-likeness (QED) is 0.620. The van der Waals surface area contributed by atoms with Crippen molar-refractivity contribution in [2.24, 2.45) is 0 Å². The van der Waals surface area contributed by atoms with Crippen LogP contribution in [0.15, 0.2) is 24.4 Å². The number of aromatic nitrogens is 1. The summed E-state index contributed by atoms with van der Waals surface area (Å²) >= 11 is 0. The van der Waals surface area contributed by atoms with Crippen LogP contribution < -0.4 is 5.32 Å². The van der Waals surface area contributed by atoms with E-state index < -0.39 is 0 Å². The highest BCUT2D eigenvalue weighted by Gasteiger charge is 2.22. The number of pyridine rings is 1. The number of rotatable bonds is 9. The maximum atomic E-state index is 4.39. The molecule has 1 aromatic heterocycles. The molecule has 0 saturated heterocycles. The molecule has 0 aliphatic heterocycles. The van der Waals surface area contributed by atoms with Gasteiger partial charge in [0.05, 0.1) is 0 Å². The highest BCUT2D eigenvalue weighted by Crippen LogP contribution is 2.25. The van der Waals surface area contributed by atoms with Crippen molar-refractivity contribution >= 4 is 5.82 Å². The lowest BCUT2D eigenvalue weighted by molar-refractivity contribution is 0.402. The number of nitrogens with one attached hydrogen (secondary N) is 1. The van der Waals surface area contributed by atoms with E-state index in [4.69, 9.17) is 0 Å². The zero-order chi connectivity index (χ0) is 13.3. The molecule has 1 unspecified atom stereocenters. The topological polar surface area (TPSA) is 24.9 Å². The SMILES string of the molecule is CCCCCC(C)(CCCC)Nc1ccccn1. The Kier molecular flexibility index (Phi) is 6.77. The van der Waals surface area contributed by atoms with Gasteiger partial charge in [-0.05, 0) is 31.9 Å². The summed E-state index contributed by atoms with van der Waals surface area (Å²) in [6.07, 6.45) is 10.8. The Morgan fingerprint density at radius 1 is 1.06 bits per heavy atom. The Labute approximate surface area is 112 Å². The van der Waals surface area contributed by atoms with Gasteiger partial charge in [0.2, 0.25) is 0 Å². The highest BCUT2D eigenvalue weighted by molar-refractivity contribution is 5.36. The number of hydrogen-bond donors (Lipinski definition) is 1. The number of unbranched alkanes of at least 4 members (excludes halogenated alkanes) is 3. The van der Waals surface area contributed by atoms with Gasteiger partial charge < -0.3 is 5.32 Å². The van der Waals surface area contributed by atoms with Gasteiger partial charge in [0, 0.05) is 11.7 Å². The lowest BCUT2D eigenvalue weighted by Crippen LogP contribution is -2.35. The fourth-order valence-electron chi connectivity index (χ4n) is 2.33. The van der Waals surface area contributed by atoms with Gasteiger partial charge in [0.15, 0.2) is 0 Å². The molecule has 0 bridgehead atoms. The minimum Gasteiger partial charge on any atom is -0.365 e. The van der Waals surface area contributed by atoms with Crippen LogP contribution in [0, 0.1) is 0 Å². The van der Waals surface area contributed by atoms with E-state index in [0.717, 1.165) is 5.82 Å². The zero-order valence-electron chi connectivity index (χ0n) is 12.2. The fourth-order valence-corrected chi connectivity index (χ4v) is 2.33. The van der Waals surface area contributed by atoms with E-state index in [1.54, 1.807) is 0 Å². The standard InChI is InChI=1S/C16H28N2/c1-4-6-9-13-16(3,12-7-5-2)18-15-11-8-10-14-17-15/h8,10-11,14H,4-7,9,12-13H2,1-3H3,(H,17,18). The molecule has 1 heterocycles. The maximum Gasteiger partial charge on any atom is 0.126 e. The number of hydrogen-bond acceptors (Lipinski definition) is 2. The molecule has 0 saturated carbocycles. The molecule has 2 nitrogen and oxygen atoms in total. The molecule has 2 heteroatoms. The lowest BCUT2D eigenvalue weighted by atomic mass is 9.88. The molecule has 102 valence electrons. The van der Waals surface area contributed by atoms with E-state index in [9.17, 15) is 0 Å². The second-order valence-electron chi connectivity index (χ2n) is 5.46. The molecule has 18 heavy (non-hydrogen) atoms. The second-order valence-corrected chi connectivity index (χ2v) is 5.46. The average Bonchev–Trinajstić information content (AvgIpc) is 2.38. The Morgan fingerprint density at radius 3 is 2.39 bits per heavy atom. The van der Waals surface area contributed by atoms with E-state index in [-0.39, 0.29) is 5.54 Å². The van der Waals surface area contributed by atoms with Gasteiger partial charge in [-0.1, -0.05) is 52.0 Å². The summed E-state index contributed by atoms with van der Waals surface area (Å²) in [7, 11) is 0. The maximum absolute atomic E-state index is 4.39. The molecular weight excluding hydrogens is 220 g/mol. The second kappa shape index (κ2) is 8.12. The predicted octanol–water partition coefficient (Wildman–Crippen LogP) is 5.02. The predicted molar refractivity (Wildman–Crippen MR) is 79.9 cm³/mol. The van der Waals surface area contributed by atoms with E-state index in [1.807, 2.05) is 18.3 Å². The lowest BCUT2D eigenvalue weighted by Gasteiger charge is -2.31. The van der Waals surface area contributed by atoms with Crippen LogP contribution in [-0.4, -0.2) is 10.5 Å². The molecule has 0 aliphatic rings. The Morgan fingerprint density at radius 2 is 1.78 bits per heavy atom. The minimum absolute atomic E-state index is 0.194. The Hall–Kier alpha value is -1.05. The van der Waals surface area contributed by atoms with Crippen molar-refractivity contribution in [1.29, 1.82) is 0 Å². The van der Waals surface area contributed by atoms with Crippen molar-refractivity contribution in [2.75, 3.05) is 5.32 Å². The third-order valence-corrected chi connectivity index (χ3v) is 3.51. The summed E-state index contributed by atoms with van der Waals surface area (Å²) in [4.78, 5) is 4.39. The first-order chi connectivity index (χ1) is 8.70. The average molecular weight is 248 g/mol. The van der Waals surface area contributed by atoms with Gasteiger partial charge in [-0.3, -0.25) is 0 Å². The smallest absolute Gasteiger partial charge is 0.126 e. The van der Waals surface area contributed by atoms with Crippen LogP contribution in [0.2, 0.25) is 0 Å². The first-order valence-electron chi connectivity index (χ1n) is 7.39. The van der Waals surface area contributed by atoms with Gasteiger partial charge in [-0.2, -0.15) is 0 Å². The molecule has 0 radical (unpaired) electrons. The molecule has 0 spiro atoms. The Bertz CT molecular complexity index is 310.